The highest BCUT2D eigenvalue weighted by atomic mass is 35.5. The Hall–Kier alpha value is -1.71. The molecule has 1 amide bonds. The first-order valence-corrected chi connectivity index (χ1v) is 8.50. The standard InChI is InChI=1S/C18H18Cl2N2O/c19-13-4-9-16(17(20)12-13)18(23)21-14-5-7-15(8-6-14)22-10-2-1-3-11-22/h4-9,12H,1-3,10-11H2,(H,21,23). The van der Waals surface area contributed by atoms with Gasteiger partial charge in [0, 0.05) is 29.5 Å². The summed E-state index contributed by atoms with van der Waals surface area (Å²) in [5.41, 5.74) is 2.37. The van der Waals surface area contributed by atoms with Crippen molar-refractivity contribution in [2.75, 3.05) is 23.3 Å². The molecule has 0 radical (unpaired) electrons. The molecule has 2 aromatic carbocycles. The van der Waals surface area contributed by atoms with E-state index in [1.807, 2.05) is 24.3 Å². The Bertz CT molecular complexity index is 695. The molecule has 0 aliphatic carbocycles. The van der Waals surface area contributed by atoms with Gasteiger partial charge in [-0.2, -0.15) is 0 Å². The van der Waals surface area contributed by atoms with Gasteiger partial charge in [-0.05, 0) is 61.7 Å². The van der Waals surface area contributed by atoms with Crippen molar-refractivity contribution in [3.8, 4) is 0 Å². The SMILES string of the molecule is O=C(Nc1ccc(N2CCCCC2)cc1)c1ccc(Cl)cc1Cl. The smallest absolute Gasteiger partial charge is 0.257 e. The van der Waals surface area contributed by atoms with Gasteiger partial charge in [-0.25, -0.2) is 0 Å². The summed E-state index contributed by atoms with van der Waals surface area (Å²) in [7, 11) is 0. The minimum absolute atomic E-state index is 0.239. The number of amides is 1. The zero-order valence-corrected chi connectivity index (χ0v) is 14.2. The van der Waals surface area contributed by atoms with Crippen molar-refractivity contribution in [1.29, 1.82) is 0 Å². The molecule has 3 nitrogen and oxygen atoms in total. The third-order valence-corrected chi connectivity index (χ3v) is 4.57. The monoisotopic (exact) mass is 348 g/mol. The summed E-state index contributed by atoms with van der Waals surface area (Å²) in [4.78, 5) is 14.7. The number of piperidine rings is 1. The first-order chi connectivity index (χ1) is 11.1. The molecule has 3 rings (SSSR count). The Balaban J connectivity index is 1.69. The van der Waals surface area contributed by atoms with Gasteiger partial charge < -0.3 is 10.2 Å². The van der Waals surface area contributed by atoms with Crippen LogP contribution in [0.1, 0.15) is 29.6 Å². The summed E-state index contributed by atoms with van der Waals surface area (Å²) in [5.74, 6) is -0.239. The van der Waals surface area contributed by atoms with E-state index in [1.165, 1.54) is 24.9 Å². The lowest BCUT2D eigenvalue weighted by atomic mass is 10.1. The highest BCUT2D eigenvalue weighted by Gasteiger charge is 2.13. The fraction of sp³-hybridized carbons (Fsp3) is 0.278. The maximum absolute atomic E-state index is 12.3. The van der Waals surface area contributed by atoms with Gasteiger partial charge in [0.15, 0.2) is 0 Å². The van der Waals surface area contributed by atoms with Crippen LogP contribution in [0.3, 0.4) is 0 Å². The maximum Gasteiger partial charge on any atom is 0.257 e. The fourth-order valence-corrected chi connectivity index (χ4v) is 3.27. The molecule has 0 spiro atoms. The van der Waals surface area contributed by atoms with Crippen molar-refractivity contribution in [3.05, 3.63) is 58.1 Å². The average molecular weight is 349 g/mol. The maximum atomic E-state index is 12.3. The molecule has 1 aliphatic heterocycles. The number of rotatable bonds is 3. The van der Waals surface area contributed by atoms with Crippen LogP contribution in [0, 0.1) is 0 Å². The van der Waals surface area contributed by atoms with E-state index in [4.69, 9.17) is 23.2 Å². The van der Waals surface area contributed by atoms with Gasteiger partial charge in [0.1, 0.15) is 0 Å². The molecule has 120 valence electrons. The van der Waals surface area contributed by atoms with Crippen molar-refractivity contribution in [2.24, 2.45) is 0 Å². The second-order valence-corrected chi connectivity index (χ2v) is 6.52. The van der Waals surface area contributed by atoms with Gasteiger partial charge >= 0.3 is 0 Å². The van der Waals surface area contributed by atoms with Crippen LogP contribution >= 0.6 is 23.2 Å². The number of anilines is 2. The third-order valence-electron chi connectivity index (χ3n) is 4.02. The molecule has 1 aliphatic rings. The van der Waals surface area contributed by atoms with E-state index in [9.17, 15) is 4.79 Å². The quantitative estimate of drug-likeness (QED) is 0.822. The summed E-state index contributed by atoms with van der Waals surface area (Å²) in [5, 5.41) is 3.72. The van der Waals surface area contributed by atoms with Crippen LogP contribution in [0.25, 0.3) is 0 Å². The van der Waals surface area contributed by atoms with Gasteiger partial charge in [0.05, 0.1) is 10.6 Å². The minimum Gasteiger partial charge on any atom is -0.372 e. The topological polar surface area (TPSA) is 32.3 Å². The molecule has 0 bridgehead atoms. The molecule has 1 fully saturated rings. The van der Waals surface area contributed by atoms with Crippen LogP contribution < -0.4 is 10.2 Å². The molecule has 1 saturated heterocycles. The molecule has 5 heteroatoms. The highest BCUT2D eigenvalue weighted by molar-refractivity contribution is 6.37. The first-order valence-electron chi connectivity index (χ1n) is 7.75. The number of nitrogens with one attached hydrogen (secondary N) is 1. The molecule has 23 heavy (non-hydrogen) atoms. The molecular formula is C18H18Cl2N2O. The lowest BCUT2D eigenvalue weighted by molar-refractivity contribution is 0.102. The second-order valence-electron chi connectivity index (χ2n) is 5.67. The lowest BCUT2D eigenvalue weighted by Gasteiger charge is -2.28. The number of hydrogen-bond acceptors (Lipinski definition) is 2. The summed E-state index contributed by atoms with van der Waals surface area (Å²) in [6.45, 7) is 2.21. The minimum atomic E-state index is -0.239. The van der Waals surface area contributed by atoms with E-state index < -0.39 is 0 Å². The van der Waals surface area contributed by atoms with Gasteiger partial charge in [-0.15, -0.1) is 0 Å². The number of nitrogens with zero attached hydrogens (tertiary/aromatic N) is 1. The van der Waals surface area contributed by atoms with Gasteiger partial charge in [-0.3, -0.25) is 4.79 Å². The van der Waals surface area contributed by atoms with E-state index in [-0.39, 0.29) is 5.91 Å². The lowest BCUT2D eigenvalue weighted by Crippen LogP contribution is -2.29. The second kappa shape index (κ2) is 7.24. The van der Waals surface area contributed by atoms with Gasteiger partial charge in [-0.1, -0.05) is 23.2 Å². The number of carbonyl (C=O) groups is 1. The van der Waals surface area contributed by atoms with E-state index in [2.05, 4.69) is 10.2 Å². The number of halogens is 2. The predicted molar refractivity (Wildman–Crippen MR) is 96.9 cm³/mol. The zero-order chi connectivity index (χ0) is 16.2. The van der Waals surface area contributed by atoms with Crippen LogP contribution in [-0.2, 0) is 0 Å². The predicted octanol–water partition coefficient (Wildman–Crippen LogP) is 5.24. The summed E-state index contributed by atoms with van der Waals surface area (Å²) >= 11 is 11.9. The van der Waals surface area contributed by atoms with E-state index in [0.29, 0.717) is 15.6 Å². The van der Waals surface area contributed by atoms with Crippen molar-refractivity contribution < 1.29 is 4.79 Å². The Morgan fingerprint density at radius 2 is 1.65 bits per heavy atom. The molecule has 2 aromatic rings. The summed E-state index contributed by atoms with van der Waals surface area (Å²) in [6.07, 6.45) is 3.80. The van der Waals surface area contributed by atoms with Crippen molar-refractivity contribution in [1.82, 2.24) is 0 Å². The van der Waals surface area contributed by atoms with Gasteiger partial charge in [0.2, 0.25) is 0 Å². The molecule has 0 aromatic heterocycles. The van der Waals surface area contributed by atoms with Crippen molar-refractivity contribution >= 4 is 40.5 Å². The highest BCUT2D eigenvalue weighted by Crippen LogP contribution is 2.24. The van der Waals surface area contributed by atoms with Crippen LogP contribution in [0.2, 0.25) is 10.0 Å². The molecule has 1 N–H and O–H groups in total. The van der Waals surface area contributed by atoms with E-state index >= 15 is 0 Å². The Kier molecular flexibility index (Phi) is 5.09. The number of hydrogen-bond donors (Lipinski definition) is 1. The molecular weight excluding hydrogens is 331 g/mol. The first kappa shape index (κ1) is 16.2. The molecule has 1 heterocycles. The van der Waals surface area contributed by atoms with Crippen LogP contribution in [0.15, 0.2) is 42.5 Å². The summed E-state index contributed by atoms with van der Waals surface area (Å²) in [6, 6.07) is 12.8. The fourth-order valence-electron chi connectivity index (χ4n) is 2.78. The van der Waals surface area contributed by atoms with Crippen LogP contribution in [0.5, 0.6) is 0 Å². The van der Waals surface area contributed by atoms with Crippen LogP contribution in [-0.4, -0.2) is 19.0 Å². The zero-order valence-electron chi connectivity index (χ0n) is 12.7. The normalized spacial score (nSPS) is 14.6. The Labute approximate surface area is 146 Å². The molecule has 0 unspecified atom stereocenters. The molecule has 0 saturated carbocycles. The Morgan fingerprint density at radius 1 is 0.957 bits per heavy atom. The number of benzene rings is 2. The number of carbonyl (C=O) groups excluding carboxylic acids is 1. The van der Waals surface area contributed by atoms with Crippen molar-refractivity contribution in [2.45, 2.75) is 19.3 Å². The third kappa shape index (κ3) is 3.98. The van der Waals surface area contributed by atoms with E-state index in [0.717, 1.165) is 18.8 Å². The van der Waals surface area contributed by atoms with Crippen molar-refractivity contribution in [3.63, 3.8) is 0 Å². The van der Waals surface area contributed by atoms with Crippen LogP contribution in [0.4, 0.5) is 11.4 Å². The van der Waals surface area contributed by atoms with Gasteiger partial charge in [0.25, 0.3) is 5.91 Å². The summed E-state index contributed by atoms with van der Waals surface area (Å²) < 4.78 is 0. The largest absolute Gasteiger partial charge is 0.372 e. The Morgan fingerprint density at radius 3 is 2.30 bits per heavy atom. The van der Waals surface area contributed by atoms with E-state index in [1.54, 1.807) is 18.2 Å². The molecule has 0 atom stereocenters. The average Bonchev–Trinajstić information content (AvgIpc) is 2.56.